The fourth-order valence-electron chi connectivity index (χ4n) is 1.84. The molecule has 0 aliphatic rings. The van der Waals surface area contributed by atoms with Gasteiger partial charge in [-0.3, -0.25) is 0 Å². The molecule has 2 rings (SSSR count). The van der Waals surface area contributed by atoms with Gasteiger partial charge in [0.15, 0.2) is 36.7 Å². The molecule has 22 heavy (non-hydrogen) atoms. The summed E-state index contributed by atoms with van der Waals surface area (Å²) in [7, 11) is 2.89. The molecule has 0 fully saturated rings. The first-order valence-electron chi connectivity index (χ1n) is 6.48. The summed E-state index contributed by atoms with van der Waals surface area (Å²) < 4.78 is 47.3. The van der Waals surface area contributed by atoms with Crippen LogP contribution in [0.2, 0.25) is 0 Å². The molecule has 0 aromatic heterocycles. The van der Waals surface area contributed by atoms with Gasteiger partial charge in [0.1, 0.15) is 0 Å². The minimum atomic E-state index is -0.547. The van der Waals surface area contributed by atoms with Crippen LogP contribution in [0.15, 0.2) is 36.4 Å². The standard InChI is InChI=1S/C16H16F2O4/c1-19-9-21-15-5-3-11(7-13(15)17)12-4-6-16(14(18)8-12)22-10-20-2/h3-8H,9-10H2,1-2H3. The molecule has 0 saturated heterocycles. The van der Waals surface area contributed by atoms with Crippen LogP contribution in [0, 0.1) is 11.6 Å². The Hall–Kier alpha value is -2.18. The van der Waals surface area contributed by atoms with E-state index < -0.39 is 11.6 Å². The maximum atomic E-state index is 13.9. The van der Waals surface area contributed by atoms with E-state index >= 15 is 0 Å². The third-order valence-corrected chi connectivity index (χ3v) is 2.86. The number of methoxy groups -OCH3 is 2. The van der Waals surface area contributed by atoms with Crippen LogP contribution in [-0.4, -0.2) is 27.8 Å². The number of benzene rings is 2. The van der Waals surface area contributed by atoms with Crippen LogP contribution in [0.1, 0.15) is 0 Å². The Morgan fingerprint density at radius 1 is 0.727 bits per heavy atom. The second kappa shape index (κ2) is 7.72. The number of hydrogen-bond acceptors (Lipinski definition) is 4. The second-order valence-corrected chi connectivity index (χ2v) is 4.39. The predicted molar refractivity (Wildman–Crippen MR) is 76.8 cm³/mol. The summed E-state index contributed by atoms with van der Waals surface area (Å²) in [6.07, 6.45) is 0. The Morgan fingerprint density at radius 2 is 1.14 bits per heavy atom. The van der Waals surface area contributed by atoms with Crippen molar-refractivity contribution in [1.82, 2.24) is 0 Å². The van der Waals surface area contributed by atoms with Gasteiger partial charge in [-0.05, 0) is 35.4 Å². The van der Waals surface area contributed by atoms with Gasteiger partial charge in [-0.15, -0.1) is 0 Å². The minimum Gasteiger partial charge on any atom is -0.464 e. The Labute approximate surface area is 127 Å². The van der Waals surface area contributed by atoms with E-state index in [-0.39, 0.29) is 25.1 Å². The van der Waals surface area contributed by atoms with Crippen molar-refractivity contribution in [1.29, 1.82) is 0 Å². The first kappa shape index (κ1) is 16.2. The largest absolute Gasteiger partial charge is 0.464 e. The summed E-state index contributed by atoms with van der Waals surface area (Å²) in [6, 6.07) is 8.76. The van der Waals surface area contributed by atoms with Crippen molar-refractivity contribution in [2.24, 2.45) is 0 Å². The normalized spacial score (nSPS) is 10.5. The minimum absolute atomic E-state index is 0.0452. The second-order valence-electron chi connectivity index (χ2n) is 4.39. The monoisotopic (exact) mass is 310 g/mol. The molecule has 118 valence electrons. The van der Waals surface area contributed by atoms with Crippen LogP contribution in [0.3, 0.4) is 0 Å². The molecule has 0 spiro atoms. The van der Waals surface area contributed by atoms with Crippen LogP contribution < -0.4 is 9.47 Å². The van der Waals surface area contributed by atoms with Crippen molar-refractivity contribution in [3.05, 3.63) is 48.0 Å². The molecule has 0 unspecified atom stereocenters. The smallest absolute Gasteiger partial charge is 0.188 e. The molecular weight excluding hydrogens is 294 g/mol. The topological polar surface area (TPSA) is 36.9 Å². The van der Waals surface area contributed by atoms with E-state index in [4.69, 9.17) is 18.9 Å². The lowest BCUT2D eigenvalue weighted by molar-refractivity contribution is 0.0481. The van der Waals surface area contributed by atoms with E-state index in [1.165, 1.54) is 38.5 Å². The van der Waals surface area contributed by atoms with Crippen LogP contribution in [0.5, 0.6) is 11.5 Å². The Balaban J connectivity index is 2.21. The van der Waals surface area contributed by atoms with Crippen LogP contribution in [-0.2, 0) is 9.47 Å². The van der Waals surface area contributed by atoms with Crippen molar-refractivity contribution >= 4 is 0 Å². The van der Waals surface area contributed by atoms with E-state index in [2.05, 4.69) is 0 Å². The van der Waals surface area contributed by atoms with Gasteiger partial charge in [0.2, 0.25) is 0 Å². The lowest BCUT2D eigenvalue weighted by Crippen LogP contribution is -2.01. The molecule has 0 aliphatic carbocycles. The molecule has 2 aromatic carbocycles. The van der Waals surface area contributed by atoms with E-state index in [0.29, 0.717) is 11.1 Å². The third kappa shape index (κ3) is 3.93. The highest BCUT2D eigenvalue weighted by Gasteiger charge is 2.09. The Kier molecular flexibility index (Phi) is 5.68. The van der Waals surface area contributed by atoms with E-state index in [0.717, 1.165) is 0 Å². The van der Waals surface area contributed by atoms with E-state index in [1.54, 1.807) is 12.1 Å². The van der Waals surface area contributed by atoms with Gasteiger partial charge in [-0.1, -0.05) is 12.1 Å². The van der Waals surface area contributed by atoms with Crippen LogP contribution >= 0.6 is 0 Å². The summed E-state index contributed by atoms with van der Waals surface area (Å²) in [5.41, 5.74) is 1.05. The highest BCUT2D eigenvalue weighted by Crippen LogP contribution is 2.29. The molecular formula is C16H16F2O4. The van der Waals surface area contributed by atoms with Gasteiger partial charge in [-0.25, -0.2) is 8.78 Å². The summed E-state index contributed by atoms with van der Waals surface area (Å²) in [5, 5.41) is 0. The van der Waals surface area contributed by atoms with Crippen LogP contribution in [0.4, 0.5) is 8.78 Å². The SMILES string of the molecule is COCOc1ccc(-c2ccc(OCOC)c(F)c2)cc1F. The zero-order chi connectivity index (χ0) is 15.9. The lowest BCUT2D eigenvalue weighted by Gasteiger charge is -2.10. The van der Waals surface area contributed by atoms with Crippen molar-refractivity contribution in [2.45, 2.75) is 0 Å². The number of rotatable bonds is 7. The highest BCUT2D eigenvalue weighted by atomic mass is 19.1. The van der Waals surface area contributed by atoms with Crippen molar-refractivity contribution in [3.63, 3.8) is 0 Å². The Bertz CT molecular complexity index is 576. The molecule has 0 bridgehead atoms. The van der Waals surface area contributed by atoms with Crippen molar-refractivity contribution in [3.8, 4) is 22.6 Å². The molecule has 0 atom stereocenters. The van der Waals surface area contributed by atoms with Gasteiger partial charge in [-0.2, -0.15) is 0 Å². The Morgan fingerprint density at radius 3 is 1.45 bits per heavy atom. The number of halogens is 2. The lowest BCUT2D eigenvalue weighted by atomic mass is 10.0. The van der Waals surface area contributed by atoms with Crippen molar-refractivity contribution < 1.29 is 27.7 Å². The average Bonchev–Trinajstić information content (AvgIpc) is 2.52. The highest BCUT2D eigenvalue weighted by molar-refractivity contribution is 5.65. The summed E-state index contributed by atoms with van der Waals surface area (Å²) in [6.45, 7) is -0.0904. The van der Waals surface area contributed by atoms with Gasteiger partial charge in [0, 0.05) is 14.2 Å². The molecule has 0 N–H and O–H groups in total. The average molecular weight is 310 g/mol. The zero-order valence-corrected chi connectivity index (χ0v) is 12.3. The molecule has 0 radical (unpaired) electrons. The summed E-state index contributed by atoms with van der Waals surface area (Å²) in [4.78, 5) is 0. The van der Waals surface area contributed by atoms with Crippen molar-refractivity contribution in [2.75, 3.05) is 27.8 Å². The van der Waals surface area contributed by atoms with Gasteiger partial charge < -0.3 is 18.9 Å². The maximum Gasteiger partial charge on any atom is 0.188 e. The fourth-order valence-corrected chi connectivity index (χ4v) is 1.84. The summed E-state index contributed by atoms with van der Waals surface area (Å²) in [5.74, 6) is -0.943. The van der Waals surface area contributed by atoms with Gasteiger partial charge >= 0.3 is 0 Å². The molecule has 6 heteroatoms. The third-order valence-electron chi connectivity index (χ3n) is 2.86. The molecule has 2 aromatic rings. The zero-order valence-electron chi connectivity index (χ0n) is 12.3. The summed E-state index contributed by atoms with van der Waals surface area (Å²) >= 11 is 0. The van der Waals surface area contributed by atoms with Gasteiger partial charge in [0.25, 0.3) is 0 Å². The fraction of sp³-hybridized carbons (Fsp3) is 0.250. The predicted octanol–water partition coefficient (Wildman–Crippen LogP) is 3.60. The molecule has 0 saturated carbocycles. The number of hydrogen-bond donors (Lipinski definition) is 0. The molecule has 0 aliphatic heterocycles. The molecule has 0 amide bonds. The number of ether oxygens (including phenoxy) is 4. The van der Waals surface area contributed by atoms with Crippen LogP contribution in [0.25, 0.3) is 11.1 Å². The van der Waals surface area contributed by atoms with E-state index in [1.807, 2.05) is 0 Å². The molecule has 4 nitrogen and oxygen atoms in total. The first-order chi connectivity index (χ1) is 10.7. The maximum absolute atomic E-state index is 13.9. The first-order valence-corrected chi connectivity index (χ1v) is 6.48. The van der Waals surface area contributed by atoms with Gasteiger partial charge in [0.05, 0.1) is 0 Å². The molecule has 0 heterocycles. The quantitative estimate of drug-likeness (QED) is 0.732. The van der Waals surface area contributed by atoms with E-state index in [9.17, 15) is 8.78 Å².